The molecule has 2 atom stereocenters. The Balaban J connectivity index is 1.30. The number of benzene rings is 2. The van der Waals surface area contributed by atoms with Gasteiger partial charge in [0.25, 0.3) is 5.91 Å². The monoisotopic (exact) mass is 446 g/mol. The number of nitrogens with zero attached hydrogens (tertiary/aromatic N) is 1. The van der Waals surface area contributed by atoms with Crippen LogP contribution in [0.4, 0.5) is 4.79 Å². The Kier molecular flexibility index (Phi) is 6.64. The molecule has 0 bridgehead atoms. The molecule has 1 heterocycles. The number of ether oxygens (including phenoxy) is 1. The largest absolute Gasteiger partial charge is 0.480 e. The quantitative estimate of drug-likeness (QED) is 0.703. The lowest BCUT2D eigenvalue weighted by Crippen LogP contribution is -2.51. The van der Waals surface area contributed by atoms with E-state index in [2.05, 4.69) is 29.3 Å². The maximum Gasteiger partial charge on any atom is 0.407 e. The first-order valence-electron chi connectivity index (χ1n) is 11.1. The molecule has 2 amide bonds. The van der Waals surface area contributed by atoms with Crippen LogP contribution in [-0.2, 0) is 14.3 Å². The minimum atomic E-state index is -1.02. The predicted molar refractivity (Wildman–Crippen MR) is 122 cm³/mol. The molecule has 0 saturated carbocycles. The molecule has 2 aromatic carbocycles. The van der Waals surface area contributed by atoms with Gasteiger partial charge in [-0.2, -0.15) is 0 Å². The Bertz CT molecular complexity index is 1090. The molecule has 33 heavy (non-hydrogen) atoms. The number of hydrogen-bond acceptors (Lipinski definition) is 4. The zero-order valence-electron chi connectivity index (χ0n) is 18.4. The van der Waals surface area contributed by atoms with Crippen LogP contribution < -0.4 is 5.32 Å². The zero-order valence-corrected chi connectivity index (χ0v) is 18.4. The Labute approximate surface area is 192 Å². The van der Waals surface area contributed by atoms with E-state index in [1.165, 1.54) is 4.90 Å². The van der Waals surface area contributed by atoms with Gasteiger partial charge in [0.05, 0.1) is 6.54 Å². The van der Waals surface area contributed by atoms with Gasteiger partial charge in [0.1, 0.15) is 12.6 Å². The minimum absolute atomic E-state index is 0.0372. The number of piperidine rings is 1. The summed E-state index contributed by atoms with van der Waals surface area (Å²) in [6.07, 6.45) is 0.891. The molecule has 0 aromatic heterocycles. The summed E-state index contributed by atoms with van der Waals surface area (Å²) in [5.74, 6) is 3.32. The lowest BCUT2D eigenvalue weighted by atomic mass is 9.91. The molecule has 1 saturated heterocycles. The van der Waals surface area contributed by atoms with Crippen molar-refractivity contribution >= 4 is 18.0 Å². The molecule has 2 N–H and O–H groups in total. The van der Waals surface area contributed by atoms with Crippen LogP contribution in [0.1, 0.15) is 36.8 Å². The Morgan fingerprint density at radius 3 is 2.36 bits per heavy atom. The van der Waals surface area contributed by atoms with E-state index in [0.29, 0.717) is 6.54 Å². The van der Waals surface area contributed by atoms with Crippen molar-refractivity contribution in [1.29, 1.82) is 0 Å². The predicted octanol–water partition coefficient (Wildman–Crippen LogP) is 3.24. The van der Waals surface area contributed by atoms with Crippen LogP contribution in [0, 0.1) is 17.8 Å². The van der Waals surface area contributed by atoms with E-state index in [9.17, 15) is 19.5 Å². The number of carboxylic acids is 1. The van der Waals surface area contributed by atoms with Gasteiger partial charge in [-0.3, -0.25) is 4.79 Å². The number of carbonyl (C=O) groups excluding carboxylic acids is 2. The second-order valence-electron chi connectivity index (χ2n) is 8.38. The summed E-state index contributed by atoms with van der Waals surface area (Å²) in [6, 6.07) is 15.3. The van der Waals surface area contributed by atoms with Crippen LogP contribution in [0.2, 0.25) is 0 Å². The Morgan fingerprint density at radius 2 is 1.73 bits per heavy atom. The van der Waals surface area contributed by atoms with Crippen molar-refractivity contribution < 1.29 is 24.2 Å². The lowest BCUT2D eigenvalue weighted by Gasteiger charge is -2.35. The number of aliphatic carboxylic acids is 1. The molecular formula is C26H26N2O5. The van der Waals surface area contributed by atoms with E-state index < -0.39 is 24.0 Å². The molecular weight excluding hydrogens is 420 g/mol. The smallest absolute Gasteiger partial charge is 0.407 e. The number of rotatable bonds is 4. The Hall–Kier alpha value is -3.79. The van der Waals surface area contributed by atoms with Crippen LogP contribution in [0.5, 0.6) is 0 Å². The van der Waals surface area contributed by atoms with E-state index in [4.69, 9.17) is 4.74 Å². The highest BCUT2D eigenvalue weighted by molar-refractivity contribution is 5.96. The average Bonchev–Trinajstić information content (AvgIpc) is 3.13. The normalized spacial score (nSPS) is 19.0. The van der Waals surface area contributed by atoms with E-state index in [-0.39, 0.29) is 25.0 Å². The Morgan fingerprint density at radius 1 is 1.09 bits per heavy atom. The summed E-state index contributed by atoms with van der Waals surface area (Å²) >= 11 is 0. The summed E-state index contributed by atoms with van der Waals surface area (Å²) < 4.78 is 5.43. The van der Waals surface area contributed by atoms with Crippen molar-refractivity contribution in [3.63, 3.8) is 0 Å². The molecule has 0 spiro atoms. The van der Waals surface area contributed by atoms with Crippen molar-refractivity contribution in [1.82, 2.24) is 10.2 Å². The fourth-order valence-corrected chi connectivity index (χ4v) is 4.75. The molecule has 2 aliphatic rings. The van der Waals surface area contributed by atoms with Gasteiger partial charge < -0.3 is 20.1 Å². The van der Waals surface area contributed by atoms with Crippen LogP contribution in [-0.4, -0.2) is 53.7 Å². The van der Waals surface area contributed by atoms with Crippen molar-refractivity contribution in [2.45, 2.75) is 31.7 Å². The van der Waals surface area contributed by atoms with Crippen molar-refractivity contribution in [2.24, 2.45) is 5.92 Å². The number of hydrogen-bond donors (Lipinski definition) is 2. The third-order valence-corrected chi connectivity index (χ3v) is 6.31. The molecule has 1 fully saturated rings. The first-order valence-corrected chi connectivity index (χ1v) is 11.1. The maximum absolute atomic E-state index is 12.4. The highest BCUT2D eigenvalue weighted by atomic mass is 16.5. The van der Waals surface area contributed by atoms with E-state index in [1.54, 1.807) is 0 Å². The van der Waals surface area contributed by atoms with E-state index in [0.717, 1.165) is 35.1 Å². The van der Waals surface area contributed by atoms with Gasteiger partial charge in [0, 0.05) is 12.5 Å². The van der Waals surface area contributed by atoms with Gasteiger partial charge in [-0.05, 0) is 46.9 Å². The van der Waals surface area contributed by atoms with Crippen LogP contribution in [0.15, 0.2) is 48.5 Å². The summed E-state index contributed by atoms with van der Waals surface area (Å²) in [7, 11) is 0. The fraction of sp³-hybridized carbons (Fsp3) is 0.346. The fourth-order valence-electron chi connectivity index (χ4n) is 4.75. The molecule has 2 unspecified atom stereocenters. The first-order chi connectivity index (χ1) is 16.0. The molecule has 170 valence electrons. The van der Waals surface area contributed by atoms with Crippen molar-refractivity contribution in [3.05, 3.63) is 59.7 Å². The third-order valence-electron chi connectivity index (χ3n) is 6.31. The van der Waals surface area contributed by atoms with Gasteiger partial charge in [-0.25, -0.2) is 9.59 Å². The summed E-state index contributed by atoms with van der Waals surface area (Å²) in [5, 5.41) is 12.0. The second kappa shape index (κ2) is 9.78. The maximum atomic E-state index is 12.4. The van der Waals surface area contributed by atoms with Crippen molar-refractivity contribution in [2.75, 3.05) is 19.7 Å². The standard InChI is InChI=1S/C26H26N2O5/c1-17-8-7-15-28(24(17)25(30)31)23(29)13-6-14-27-26(32)33-16-22-20-11-4-2-9-18(20)19-10-3-5-12-21(19)22/h2-5,9-12,17,22,24H,7-8,14-16H2,1H3,(H,27,32)(H,30,31). The SMILES string of the molecule is CC1CCCN(C(=O)C#CCNC(=O)OCC2c3ccccc3-c3ccccc32)C1C(=O)O. The van der Waals surface area contributed by atoms with E-state index in [1.807, 2.05) is 43.3 Å². The highest BCUT2D eigenvalue weighted by Gasteiger charge is 2.36. The number of carboxylic acid groups (broad SMARTS) is 1. The molecule has 4 rings (SSSR count). The molecule has 7 heteroatoms. The average molecular weight is 447 g/mol. The lowest BCUT2D eigenvalue weighted by molar-refractivity contribution is -0.152. The van der Waals surface area contributed by atoms with Gasteiger partial charge in [-0.1, -0.05) is 61.4 Å². The summed E-state index contributed by atoms with van der Waals surface area (Å²) in [4.78, 5) is 37.4. The number of carbonyl (C=O) groups is 3. The topological polar surface area (TPSA) is 95.9 Å². The highest BCUT2D eigenvalue weighted by Crippen LogP contribution is 2.44. The zero-order chi connectivity index (χ0) is 23.4. The second-order valence-corrected chi connectivity index (χ2v) is 8.38. The number of amides is 2. The van der Waals surface area contributed by atoms with Crippen LogP contribution in [0.25, 0.3) is 11.1 Å². The summed E-state index contributed by atoms with van der Waals surface area (Å²) in [5.41, 5.74) is 4.55. The number of alkyl carbamates (subject to hydrolysis) is 1. The number of nitrogens with one attached hydrogen (secondary N) is 1. The number of likely N-dealkylation sites (tertiary alicyclic amines) is 1. The van der Waals surface area contributed by atoms with Crippen LogP contribution in [0.3, 0.4) is 0 Å². The van der Waals surface area contributed by atoms with Gasteiger partial charge in [-0.15, -0.1) is 0 Å². The van der Waals surface area contributed by atoms with Crippen molar-refractivity contribution in [3.8, 4) is 23.0 Å². The molecule has 1 aliphatic heterocycles. The molecule has 7 nitrogen and oxygen atoms in total. The van der Waals surface area contributed by atoms with Gasteiger partial charge in [0.2, 0.25) is 0 Å². The minimum Gasteiger partial charge on any atom is -0.480 e. The number of fused-ring (bicyclic) bond motifs is 3. The van der Waals surface area contributed by atoms with Crippen LogP contribution >= 0.6 is 0 Å². The third kappa shape index (κ3) is 4.70. The first kappa shape index (κ1) is 22.4. The van der Waals surface area contributed by atoms with Gasteiger partial charge in [0.15, 0.2) is 0 Å². The molecule has 0 radical (unpaired) electrons. The molecule has 1 aliphatic carbocycles. The summed E-state index contributed by atoms with van der Waals surface area (Å²) in [6.45, 7) is 2.32. The van der Waals surface area contributed by atoms with E-state index >= 15 is 0 Å². The molecule has 2 aromatic rings. The van der Waals surface area contributed by atoms with Gasteiger partial charge >= 0.3 is 12.1 Å².